The van der Waals surface area contributed by atoms with Crippen LogP contribution in [0.2, 0.25) is 0 Å². The van der Waals surface area contributed by atoms with Gasteiger partial charge in [-0.2, -0.15) is 0 Å². The summed E-state index contributed by atoms with van der Waals surface area (Å²) in [4.78, 5) is 14.2. The minimum absolute atomic E-state index is 0.0201. The van der Waals surface area contributed by atoms with Crippen molar-refractivity contribution in [1.29, 1.82) is 5.41 Å². The molecule has 1 heterocycles. The highest BCUT2D eigenvalue weighted by Gasteiger charge is 2.25. The number of nitrogens with one attached hydrogen (secondary N) is 1. The Hall–Kier alpha value is -1.84. The normalized spacial score (nSPS) is 16.6. The van der Waals surface area contributed by atoms with Crippen LogP contribution in [-0.4, -0.2) is 29.7 Å². The molecule has 0 radical (unpaired) electrons. The Bertz CT molecular complexity index is 464. The van der Waals surface area contributed by atoms with Gasteiger partial charge in [-0.1, -0.05) is 24.3 Å². The van der Waals surface area contributed by atoms with E-state index < -0.39 is 0 Å². The molecule has 1 aliphatic rings. The average molecular weight is 245 g/mol. The number of carbonyl (C=O) groups excluding carboxylic acids is 1. The molecule has 1 saturated heterocycles. The van der Waals surface area contributed by atoms with Crippen molar-refractivity contribution in [3.63, 3.8) is 0 Å². The first kappa shape index (κ1) is 12.6. The van der Waals surface area contributed by atoms with Crippen molar-refractivity contribution in [2.75, 3.05) is 13.1 Å². The molecular formula is C14H19N3O. The van der Waals surface area contributed by atoms with Crippen LogP contribution in [0.5, 0.6) is 0 Å². The van der Waals surface area contributed by atoms with Gasteiger partial charge in [-0.25, -0.2) is 0 Å². The van der Waals surface area contributed by atoms with Crippen molar-refractivity contribution >= 4 is 11.7 Å². The number of nitrogen functional groups attached to an aromatic ring is 1. The van der Waals surface area contributed by atoms with E-state index in [0.29, 0.717) is 5.56 Å². The number of amidine groups is 1. The fourth-order valence-electron chi connectivity index (χ4n) is 2.46. The smallest absolute Gasteiger partial charge is 0.229 e. The number of likely N-dealkylation sites (tertiary alicyclic amines) is 1. The third-order valence-electron chi connectivity index (χ3n) is 3.51. The minimum atomic E-state index is -0.233. The number of benzene rings is 1. The van der Waals surface area contributed by atoms with Gasteiger partial charge in [0.1, 0.15) is 5.84 Å². The van der Waals surface area contributed by atoms with Crippen molar-refractivity contribution in [3.8, 4) is 0 Å². The number of rotatable bonds is 3. The molecule has 1 unspecified atom stereocenters. The van der Waals surface area contributed by atoms with Gasteiger partial charge in [0.25, 0.3) is 0 Å². The van der Waals surface area contributed by atoms with Crippen molar-refractivity contribution < 1.29 is 4.79 Å². The van der Waals surface area contributed by atoms with Gasteiger partial charge in [-0.05, 0) is 25.3 Å². The van der Waals surface area contributed by atoms with E-state index in [9.17, 15) is 4.79 Å². The number of hydrogen-bond acceptors (Lipinski definition) is 2. The maximum Gasteiger partial charge on any atom is 0.229 e. The molecule has 1 amide bonds. The predicted octanol–water partition coefficient (Wildman–Crippen LogP) is 1.70. The second-order valence-electron chi connectivity index (χ2n) is 4.76. The van der Waals surface area contributed by atoms with Crippen molar-refractivity contribution in [2.24, 2.45) is 5.73 Å². The van der Waals surface area contributed by atoms with Gasteiger partial charge < -0.3 is 10.6 Å². The van der Waals surface area contributed by atoms with Crippen molar-refractivity contribution in [2.45, 2.75) is 25.7 Å². The van der Waals surface area contributed by atoms with Crippen LogP contribution >= 0.6 is 0 Å². The fourth-order valence-corrected chi connectivity index (χ4v) is 2.46. The summed E-state index contributed by atoms with van der Waals surface area (Å²) in [6.45, 7) is 3.60. The molecule has 0 bridgehead atoms. The van der Waals surface area contributed by atoms with Crippen LogP contribution in [0, 0.1) is 5.41 Å². The minimum Gasteiger partial charge on any atom is -0.384 e. The van der Waals surface area contributed by atoms with E-state index in [2.05, 4.69) is 0 Å². The zero-order valence-electron chi connectivity index (χ0n) is 10.6. The van der Waals surface area contributed by atoms with E-state index in [1.165, 1.54) is 0 Å². The summed E-state index contributed by atoms with van der Waals surface area (Å²) in [6, 6.07) is 7.41. The summed E-state index contributed by atoms with van der Waals surface area (Å²) in [6.07, 6.45) is 2.18. The molecule has 0 aliphatic carbocycles. The first-order valence-electron chi connectivity index (χ1n) is 6.33. The van der Waals surface area contributed by atoms with E-state index in [0.717, 1.165) is 31.5 Å². The summed E-state index contributed by atoms with van der Waals surface area (Å²) in [5.41, 5.74) is 7.08. The van der Waals surface area contributed by atoms with Crippen molar-refractivity contribution in [3.05, 3.63) is 35.4 Å². The summed E-state index contributed by atoms with van der Waals surface area (Å²) < 4.78 is 0. The highest BCUT2D eigenvalue weighted by molar-refractivity contribution is 5.98. The first-order chi connectivity index (χ1) is 8.61. The molecule has 1 fully saturated rings. The zero-order chi connectivity index (χ0) is 13.1. The number of hydrogen-bond donors (Lipinski definition) is 2. The Kier molecular flexibility index (Phi) is 3.65. The lowest BCUT2D eigenvalue weighted by Crippen LogP contribution is -2.32. The molecule has 1 aromatic rings. The molecule has 2 rings (SSSR count). The Morgan fingerprint density at radius 1 is 1.33 bits per heavy atom. The fraction of sp³-hybridized carbons (Fsp3) is 0.429. The van der Waals surface area contributed by atoms with E-state index in [1.807, 2.05) is 30.0 Å². The molecule has 4 nitrogen and oxygen atoms in total. The maximum absolute atomic E-state index is 12.3. The lowest BCUT2D eigenvalue weighted by atomic mass is 9.94. The zero-order valence-corrected chi connectivity index (χ0v) is 10.6. The Morgan fingerprint density at radius 2 is 1.94 bits per heavy atom. The van der Waals surface area contributed by atoms with Gasteiger partial charge in [0.2, 0.25) is 5.91 Å². The van der Waals surface area contributed by atoms with Gasteiger partial charge >= 0.3 is 0 Å². The third kappa shape index (κ3) is 2.37. The lowest BCUT2D eigenvalue weighted by Gasteiger charge is -2.22. The molecule has 0 spiro atoms. The molecular weight excluding hydrogens is 226 g/mol. The van der Waals surface area contributed by atoms with Gasteiger partial charge in [-0.3, -0.25) is 10.2 Å². The lowest BCUT2D eigenvalue weighted by molar-refractivity contribution is -0.131. The molecule has 0 saturated carbocycles. The standard InChI is InChI=1S/C14H19N3O/c1-10(14(18)17-8-4-5-9-17)11-6-2-3-7-12(11)13(15)16/h2-3,6-7,10H,4-5,8-9H2,1H3,(H3,15,16). The van der Waals surface area contributed by atoms with Crippen LogP contribution < -0.4 is 5.73 Å². The van der Waals surface area contributed by atoms with E-state index >= 15 is 0 Å². The largest absolute Gasteiger partial charge is 0.384 e. The van der Waals surface area contributed by atoms with Crippen LogP contribution in [0.15, 0.2) is 24.3 Å². The Balaban J connectivity index is 2.25. The number of carbonyl (C=O) groups is 1. The van der Waals surface area contributed by atoms with Crippen LogP contribution in [0.3, 0.4) is 0 Å². The molecule has 18 heavy (non-hydrogen) atoms. The van der Waals surface area contributed by atoms with Gasteiger partial charge in [0.15, 0.2) is 0 Å². The first-order valence-corrected chi connectivity index (χ1v) is 6.33. The SMILES string of the molecule is CC(C(=O)N1CCCC1)c1ccccc1C(=N)N. The van der Waals surface area contributed by atoms with Crippen molar-refractivity contribution in [1.82, 2.24) is 4.90 Å². The highest BCUT2D eigenvalue weighted by atomic mass is 16.2. The summed E-state index contributed by atoms with van der Waals surface area (Å²) in [5.74, 6) is -0.0731. The topological polar surface area (TPSA) is 70.2 Å². The monoisotopic (exact) mass is 245 g/mol. The predicted molar refractivity (Wildman–Crippen MR) is 71.7 cm³/mol. The summed E-state index contributed by atoms with van der Waals surface area (Å²) in [7, 11) is 0. The van der Waals surface area contributed by atoms with Gasteiger partial charge in [0, 0.05) is 18.7 Å². The van der Waals surface area contributed by atoms with Gasteiger partial charge in [0.05, 0.1) is 5.92 Å². The average Bonchev–Trinajstić information content (AvgIpc) is 2.90. The second kappa shape index (κ2) is 5.21. The van der Waals surface area contributed by atoms with Crippen LogP contribution in [-0.2, 0) is 4.79 Å². The Morgan fingerprint density at radius 3 is 2.56 bits per heavy atom. The van der Waals surface area contributed by atoms with Crippen LogP contribution in [0.1, 0.15) is 36.8 Å². The van der Waals surface area contributed by atoms with E-state index in [4.69, 9.17) is 11.1 Å². The molecule has 3 N–H and O–H groups in total. The highest BCUT2D eigenvalue weighted by Crippen LogP contribution is 2.23. The number of amides is 1. The molecule has 4 heteroatoms. The summed E-state index contributed by atoms with van der Waals surface area (Å²) >= 11 is 0. The van der Waals surface area contributed by atoms with Gasteiger partial charge in [-0.15, -0.1) is 0 Å². The molecule has 1 aliphatic heterocycles. The number of nitrogens with two attached hydrogens (primary N) is 1. The molecule has 1 aromatic carbocycles. The molecule has 1 atom stereocenters. The number of nitrogens with zero attached hydrogens (tertiary/aromatic N) is 1. The van der Waals surface area contributed by atoms with Crippen LogP contribution in [0.4, 0.5) is 0 Å². The second-order valence-corrected chi connectivity index (χ2v) is 4.76. The van der Waals surface area contributed by atoms with E-state index in [-0.39, 0.29) is 17.7 Å². The quantitative estimate of drug-likeness (QED) is 0.628. The van der Waals surface area contributed by atoms with Crippen LogP contribution in [0.25, 0.3) is 0 Å². The van der Waals surface area contributed by atoms with E-state index in [1.54, 1.807) is 6.07 Å². The third-order valence-corrected chi connectivity index (χ3v) is 3.51. The summed E-state index contributed by atoms with van der Waals surface area (Å²) in [5, 5.41) is 7.57. The Labute approximate surface area is 107 Å². The molecule has 0 aromatic heterocycles. The maximum atomic E-state index is 12.3. The molecule has 96 valence electrons.